The molecule has 4 heterocycles. The first-order chi connectivity index (χ1) is 26.5. The fraction of sp³-hybridized carbons (Fsp3) is 0. The minimum atomic E-state index is -0.568. The number of benzene rings is 6. The maximum atomic E-state index is 9.58. The van der Waals surface area contributed by atoms with Crippen LogP contribution in [0.2, 0.25) is 0 Å². The third-order valence-corrected chi connectivity index (χ3v) is 7.92. The molecule has 0 spiro atoms. The van der Waals surface area contributed by atoms with Gasteiger partial charge in [0.1, 0.15) is 22.3 Å². The Hall–Kier alpha value is -6.27. The van der Waals surface area contributed by atoms with E-state index in [2.05, 4.69) is 0 Å². The van der Waals surface area contributed by atoms with E-state index in [9.17, 15) is 2.74 Å². The molecule has 0 atom stereocenters. The SMILES string of the molecule is [2H]c1c([2H])c([2H])c2c(oc3c([2H])c4c(c([2H])c32)c2c([2H])c([2H])c([2H])c([2H])c2n4-c2nc(-c3ccccc3)nc(-c3cccc4oc5ccccc5c34)n2)c1[2H]. The lowest BCUT2D eigenvalue weighted by molar-refractivity contribution is 0.668. The van der Waals surface area contributed by atoms with Crippen LogP contribution in [0.1, 0.15) is 13.7 Å². The van der Waals surface area contributed by atoms with Crippen LogP contribution >= 0.6 is 0 Å². The van der Waals surface area contributed by atoms with E-state index in [-0.39, 0.29) is 73.4 Å². The van der Waals surface area contributed by atoms with Crippen molar-refractivity contribution in [1.29, 1.82) is 0 Å². The Balaban J connectivity index is 1.42. The van der Waals surface area contributed by atoms with Gasteiger partial charge in [-0.1, -0.05) is 96.9 Å². The van der Waals surface area contributed by atoms with Crippen LogP contribution in [-0.4, -0.2) is 19.5 Å². The van der Waals surface area contributed by atoms with Gasteiger partial charge in [0.15, 0.2) is 11.6 Å². The van der Waals surface area contributed by atoms with Crippen LogP contribution in [0.25, 0.3) is 94.4 Å². The van der Waals surface area contributed by atoms with Crippen molar-refractivity contribution >= 4 is 65.7 Å². The van der Waals surface area contributed by atoms with Crippen molar-refractivity contribution in [2.24, 2.45) is 0 Å². The van der Waals surface area contributed by atoms with Gasteiger partial charge in [0.25, 0.3) is 0 Å². The Bertz CT molecular complexity index is 3340. The molecule has 0 saturated carbocycles. The molecule has 0 N–H and O–H groups in total. The molecule has 0 aliphatic heterocycles. The first-order valence-electron chi connectivity index (χ1n) is 19.1. The van der Waals surface area contributed by atoms with Crippen molar-refractivity contribution in [3.63, 3.8) is 0 Å². The van der Waals surface area contributed by atoms with Crippen LogP contribution in [0.3, 0.4) is 0 Å². The van der Waals surface area contributed by atoms with Gasteiger partial charge in [-0.15, -0.1) is 0 Å². The number of furan rings is 2. The van der Waals surface area contributed by atoms with E-state index in [4.69, 9.17) is 34.8 Å². The Morgan fingerprint density at radius 3 is 2.20 bits per heavy atom. The summed E-state index contributed by atoms with van der Waals surface area (Å²) < 4.78 is 102. The van der Waals surface area contributed by atoms with E-state index in [0.29, 0.717) is 22.3 Å². The van der Waals surface area contributed by atoms with Crippen molar-refractivity contribution in [2.45, 2.75) is 0 Å². The second-order valence-corrected chi connectivity index (χ2v) is 10.5. The minimum absolute atomic E-state index is 0.0687. The number of nitrogens with zero attached hydrogens (tertiary/aromatic N) is 4. The summed E-state index contributed by atoms with van der Waals surface area (Å²) in [7, 11) is 0. The molecule has 0 saturated heterocycles. The molecule has 6 heteroatoms. The lowest BCUT2D eigenvalue weighted by atomic mass is 10.1. The summed E-state index contributed by atoms with van der Waals surface area (Å²) >= 11 is 0. The normalized spacial score (nSPS) is 15.1. The van der Waals surface area contributed by atoms with Crippen molar-refractivity contribution in [2.75, 3.05) is 0 Å². The molecule has 0 aliphatic carbocycles. The summed E-state index contributed by atoms with van der Waals surface area (Å²) in [5.74, 6) is 0.293. The van der Waals surface area contributed by atoms with Gasteiger partial charge in [-0.05, 0) is 30.3 Å². The third kappa shape index (κ3) is 3.53. The maximum Gasteiger partial charge on any atom is 0.238 e. The molecule has 210 valence electrons. The lowest BCUT2D eigenvalue weighted by Crippen LogP contribution is -2.06. The average molecular weight is 589 g/mol. The predicted octanol–water partition coefficient (Wildman–Crippen LogP) is 10.1. The highest BCUT2D eigenvalue weighted by molar-refractivity contribution is 6.17. The molecule has 0 amide bonds. The first-order valence-corrected chi connectivity index (χ1v) is 14.1. The van der Waals surface area contributed by atoms with Gasteiger partial charge < -0.3 is 8.83 Å². The Morgan fingerprint density at radius 1 is 0.511 bits per heavy atom. The number of para-hydroxylation sites is 3. The van der Waals surface area contributed by atoms with Crippen LogP contribution in [0.5, 0.6) is 0 Å². The van der Waals surface area contributed by atoms with Crippen molar-refractivity contribution in [3.8, 4) is 28.7 Å². The van der Waals surface area contributed by atoms with E-state index >= 15 is 0 Å². The summed E-state index contributed by atoms with van der Waals surface area (Å²) in [6.45, 7) is 0. The second kappa shape index (κ2) is 9.11. The van der Waals surface area contributed by atoms with E-state index < -0.39 is 48.3 Å². The molecule has 0 unspecified atom stereocenters. The largest absolute Gasteiger partial charge is 0.456 e. The molecule has 6 nitrogen and oxygen atoms in total. The summed E-state index contributed by atoms with van der Waals surface area (Å²) in [5, 5.41) is 1.18. The van der Waals surface area contributed by atoms with Crippen molar-refractivity contribution in [1.82, 2.24) is 19.5 Å². The summed E-state index contributed by atoms with van der Waals surface area (Å²) in [4.78, 5) is 14.7. The smallest absolute Gasteiger partial charge is 0.238 e. The fourth-order valence-electron chi connectivity index (χ4n) is 5.96. The van der Waals surface area contributed by atoms with E-state index in [1.165, 1.54) is 4.57 Å². The number of hydrogen-bond acceptors (Lipinski definition) is 5. The van der Waals surface area contributed by atoms with Crippen LogP contribution in [0, 0.1) is 0 Å². The summed E-state index contributed by atoms with van der Waals surface area (Å²) in [5.41, 5.74) is 1.76. The van der Waals surface area contributed by atoms with Crippen molar-refractivity contribution < 1.29 is 22.5 Å². The lowest BCUT2D eigenvalue weighted by Gasteiger charge is -2.11. The van der Waals surface area contributed by atoms with Gasteiger partial charge in [0.05, 0.1) is 24.7 Å². The Kier molecular flexibility index (Phi) is 3.35. The Morgan fingerprint density at radius 2 is 1.27 bits per heavy atom. The van der Waals surface area contributed by atoms with E-state index in [0.717, 1.165) is 10.8 Å². The van der Waals surface area contributed by atoms with Gasteiger partial charge >= 0.3 is 0 Å². The van der Waals surface area contributed by atoms with Gasteiger partial charge in [0, 0.05) is 49.5 Å². The third-order valence-electron chi connectivity index (χ3n) is 7.92. The topological polar surface area (TPSA) is 69.9 Å². The minimum Gasteiger partial charge on any atom is -0.456 e. The van der Waals surface area contributed by atoms with Gasteiger partial charge in [-0.25, -0.2) is 4.98 Å². The molecule has 0 fully saturated rings. The number of hydrogen-bond donors (Lipinski definition) is 0. The van der Waals surface area contributed by atoms with Crippen LogP contribution in [0.15, 0.2) is 142 Å². The van der Waals surface area contributed by atoms with Crippen molar-refractivity contribution in [3.05, 3.63) is 133 Å². The number of aromatic nitrogens is 4. The molecule has 0 aliphatic rings. The molecule has 0 bridgehead atoms. The highest BCUT2D eigenvalue weighted by atomic mass is 16.3. The number of rotatable bonds is 3. The summed E-state index contributed by atoms with van der Waals surface area (Å²) in [6, 6.07) is 17.2. The fourth-order valence-corrected chi connectivity index (χ4v) is 5.96. The molecule has 45 heavy (non-hydrogen) atoms. The predicted molar refractivity (Wildman–Crippen MR) is 180 cm³/mol. The molecular weight excluding hydrogens is 556 g/mol. The molecule has 0 radical (unpaired) electrons. The highest BCUT2D eigenvalue weighted by Crippen LogP contribution is 2.39. The monoisotopic (exact) mass is 588 g/mol. The standard InChI is InChI=1S/C39H22N4O2/c1-2-11-23(12-3-1)37-40-38(27-16-10-20-34-36(27)26-15-6-9-19-33(26)44-34)42-39(41-37)43-30-17-7-4-13-24(30)28-21-29-25-14-5-8-18-32(25)45-35(29)22-31(28)43/h1-22H/i4D,5D,7D,8D,13D,14D,17D,18D,21D,22D. The van der Waals surface area contributed by atoms with Crippen LogP contribution < -0.4 is 0 Å². The molecule has 4 aromatic heterocycles. The quantitative estimate of drug-likeness (QED) is 0.205. The van der Waals surface area contributed by atoms with Gasteiger partial charge in [0.2, 0.25) is 5.95 Å². The van der Waals surface area contributed by atoms with E-state index in [1.807, 2.05) is 66.7 Å². The molecule has 6 aromatic carbocycles. The molecule has 10 rings (SSSR count). The Labute approximate surface area is 269 Å². The number of fused-ring (bicyclic) bond motifs is 9. The first kappa shape index (κ1) is 16.5. The zero-order chi connectivity index (χ0) is 38.2. The summed E-state index contributed by atoms with van der Waals surface area (Å²) in [6.07, 6.45) is 0. The zero-order valence-electron chi connectivity index (χ0n) is 33.0. The zero-order valence-corrected chi connectivity index (χ0v) is 23.0. The average Bonchev–Trinajstić information content (AvgIpc) is 3.91. The maximum absolute atomic E-state index is 9.58. The van der Waals surface area contributed by atoms with Gasteiger partial charge in [-0.2, -0.15) is 9.97 Å². The van der Waals surface area contributed by atoms with Crippen LogP contribution in [-0.2, 0) is 0 Å². The molecular formula is C39H22N4O2. The highest BCUT2D eigenvalue weighted by Gasteiger charge is 2.21. The van der Waals surface area contributed by atoms with Crippen LogP contribution in [0.4, 0.5) is 0 Å². The second-order valence-electron chi connectivity index (χ2n) is 10.5. The van der Waals surface area contributed by atoms with E-state index in [1.54, 1.807) is 6.07 Å². The molecule has 10 aromatic rings. The van der Waals surface area contributed by atoms with Gasteiger partial charge in [-0.3, -0.25) is 4.57 Å².